The molecular weight excluding hydrogens is 444 g/mol. The van der Waals surface area contributed by atoms with Gasteiger partial charge < -0.3 is 5.32 Å². The standard InChI is InChI=1S/C25H25ClN2O3S/c1-18(19-8-3-2-4-9-19)17-27-25(29)22-16-21(13-14-23(22)26)32(30,31)28-15-7-11-20-10-5-6-12-24(20)28/h2-6,8-10,12-14,16,18H,7,11,15,17H2,1H3,(H,27,29). The predicted molar refractivity (Wildman–Crippen MR) is 128 cm³/mol. The molecule has 0 bridgehead atoms. The molecule has 0 spiro atoms. The lowest BCUT2D eigenvalue weighted by Gasteiger charge is -2.30. The molecule has 1 N–H and O–H groups in total. The van der Waals surface area contributed by atoms with Crippen LogP contribution < -0.4 is 9.62 Å². The van der Waals surface area contributed by atoms with Crippen LogP contribution in [0.5, 0.6) is 0 Å². The summed E-state index contributed by atoms with van der Waals surface area (Å²) < 4.78 is 28.3. The van der Waals surface area contributed by atoms with E-state index in [0.29, 0.717) is 18.8 Å². The Morgan fingerprint density at radius 3 is 2.56 bits per heavy atom. The maximum atomic E-state index is 13.4. The third kappa shape index (κ3) is 4.52. The van der Waals surface area contributed by atoms with Gasteiger partial charge in [-0.25, -0.2) is 8.42 Å². The fourth-order valence-corrected chi connectivity index (χ4v) is 5.73. The molecule has 3 aromatic rings. The minimum atomic E-state index is -3.83. The molecule has 1 aliphatic rings. The molecule has 0 fully saturated rings. The number of benzene rings is 3. The van der Waals surface area contributed by atoms with Crippen molar-refractivity contribution in [2.24, 2.45) is 0 Å². The summed E-state index contributed by atoms with van der Waals surface area (Å²) >= 11 is 6.27. The van der Waals surface area contributed by atoms with Gasteiger partial charge in [0.05, 0.1) is 21.2 Å². The van der Waals surface area contributed by atoms with Crippen LogP contribution in [0.25, 0.3) is 0 Å². The first-order valence-electron chi connectivity index (χ1n) is 10.6. The topological polar surface area (TPSA) is 66.5 Å². The first kappa shape index (κ1) is 22.4. The number of sulfonamides is 1. The van der Waals surface area contributed by atoms with E-state index in [-0.39, 0.29) is 21.4 Å². The average Bonchev–Trinajstić information content (AvgIpc) is 2.82. The highest BCUT2D eigenvalue weighted by Gasteiger charge is 2.30. The number of hydrogen-bond donors (Lipinski definition) is 1. The van der Waals surface area contributed by atoms with Gasteiger partial charge in [0.15, 0.2) is 0 Å². The van der Waals surface area contributed by atoms with Crippen molar-refractivity contribution in [3.63, 3.8) is 0 Å². The Kier molecular flexibility index (Phi) is 6.53. The Hall–Kier alpha value is -2.83. The van der Waals surface area contributed by atoms with Crippen LogP contribution in [0, 0.1) is 0 Å². The Balaban J connectivity index is 1.57. The average molecular weight is 469 g/mol. The van der Waals surface area contributed by atoms with Crippen molar-refractivity contribution >= 4 is 33.2 Å². The first-order valence-corrected chi connectivity index (χ1v) is 12.4. The van der Waals surface area contributed by atoms with Crippen LogP contribution in [0.3, 0.4) is 0 Å². The zero-order valence-electron chi connectivity index (χ0n) is 17.8. The van der Waals surface area contributed by atoms with Gasteiger partial charge >= 0.3 is 0 Å². The Morgan fingerprint density at radius 1 is 1.06 bits per heavy atom. The van der Waals surface area contributed by atoms with Crippen LogP contribution in [-0.4, -0.2) is 27.4 Å². The second-order valence-corrected chi connectivity index (χ2v) is 10.2. The molecule has 1 amide bonds. The maximum absolute atomic E-state index is 13.4. The summed E-state index contributed by atoms with van der Waals surface area (Å²) in [5.74, 6) is -0.287. The molecule has 0 aromatic heterocycles. The highest BCUT2D eigenvalue weighted by atomic mass is 35.5. The normalized spacial score (nSPS) is 14.5. The number of fused-ring (bicyclic) bond motifs is 1. The van der Waals surface area contributed by atoms with Gasteiger partial charge in [0.1, 0.15) is 0 Å². The molecule has 5 nitrogen and oxygen atoms in total. The van der Waals surface area contributed by atoms with Crippen molar-refractivity contribution in [3.8, 4) is 0 Å². The largest absolute Gasteiger partial charge is 0.351 e. The lowest BCUT2D eigenvalue weighted by molar-refractivity contribution is 0.0951. The van der Waals surface area contributed by atoms with E-state index in [4.69, 9.17) is 11.6 Å². The molecule has 0 saturated heterocycles. The lowest BCUT2D eigenvalue weighted by atomic mass is 10.0. The molecule has 1 heterocycles. The molecule has 4 rings (SSSR count). The molecule has 0 radical (unpaired) electrons. The van der Waals surface area contributed by atoms with Crippen LogP contribution in [0.2, 0.25) is 5.02 Å². The van der Waals surface area contributed by atoms with E-state index in [1.807, 2.05) is 61.5 Å². The SMILES string of the molecule is CC(CNC(=O)c1cc(S(=O)(=O)N2CCCc3ccccc32)ccc1Cl)c1ccccc1. The van der Waals surface area contributed by atoms with Crippen LogP contribution in [0.1, 0.15) is 40.7 Å². The monoisotopic (exact) mass is 468 g/mol. The lowest BCUT2D eigenvalue weighted by Crippen LogP contribution is -2.35. The van der Waals surface area contributed by atoms with Crippen molar-refractivity contribution in [2.75, 3.05) is 17.4 Å². The van der Waals surface area contributed by atoms with Crippen molar-refractivity contribution in [1.82, 2.24) is 5.32 Å². The number of nitrogens with one attached hydrogen (secondary N) is 1. The number of halogens is 1. The van der Waals surface area contributed by atoms with Gasteiger partial charge in [0, 0.05) is 13.1 Å². The van der Waals surface area contributed by atoms with Gasteiger partial charge in [0.25, 0.3) is 15.9 Å². The minimum Gasteiger partial charge on any atom is -0.351 e. The van der Waals surface area contributed by atoms with Crippen LogP contribution in [0.4, 0.5) is 5.69 Å². The number of aryl methyl sites for hydroxylation is 1. The van der Waals surface area contributed by atoms with Gasteiger partial charge in [-0.05, 0) is 54.2 Å². The highest BCUT2D eigenvalue weighted by Crippen LogP contribution is 2.32. The summed E-state index contributed by atoms with van der Waals surface area (Å²) in [4.78, 5) is 12.9. The van der Waals surface area contributed by atoms with Crippen LogP contribution in [-0.2, 0) is 16.4 Å². The van der Waals surface area contributed by atoms with Crippen LogP contribution >= 0.6 is 11.6 Å². The highest BCUT2D eigenvalue weighted by molar-refractivity contribution is 7.92. The van der Waals surface area contributed by atoms with Crippen LogP contribution in [0.15, 0.2) is 77.7 Å². The van der Waals surface area contributed by atoms with E-state index < -0.39 is 15.9 Å². The number of anilines is 1. The first-order chi connectivity index (χ1) is 15.4. The summed E-state index contributed by atoms with van der Waals surface area (Å²) in [5, 5.41) is 3.10. The molecule has 166 valence electrons. The maximum Gasteiger partial charge on any atom is 0.264 e. The van der Waals surface area contributed by atoms with Gasteiger partial charge in [-0.15, -0.1) is 0 Å². The second kappa shape index (κ2) is 9.35. The number of nitrogens with zero attached hydrogens (tertiary/aromatic N) is 1. The number of rotatable bonds is 6. The van der Waals surface area contributed by atoms with Gasteiger partial charge in [-0.3, -0.25) is 9.10 Å². The summed E-state index contributed by atoms with van der Waals surface area (Å²) in [5.41, 5.74) is 2.96. The summed E-state index contributed by atoms with van der Waals surface area (Å²) in [6, 6.07) is 21.7. The molecule has 0 saturated carbocycles. The quantitative estimate of drug-likeness (QED) is 0.552. The van der Waals surface area contributed by atoms with Gasteiger partial charge in [0.2, 0.25) is 0 Å². The van der Waals surface area contributed by atoms with E-state index in [2.05, 4.69) is 5.32 Å². The van der Waals surface area contributed by atoms with Crippen molar-refractivity contribution in [2.45, 2.75) is 30.6 Å². The van der Waals surface area contributed by atoms with E-state index >= 15 is 0 Å². The summed E-state index contributed by atoms with van der Waals surface area (Å²) in [6.07, 6.45) is 1.59. The van der Waals surface area contributed by atoms with E-state index in [1.165, 1.54) is 22.5 Å². The zero-order chi connectivity index (χ0) is 22.7. The second-order valence-electron chi connectivity index (χ2n) is 7.97. The van der Waals surface area contributed by atoms with Crippen molar-refractivity contribution in [1.29, 1.82) is 0 Å². The van der Waals surface area contributed by atoms with E-state index in [1.54, 1.807) is 0 Å². The van der Waals surface area contributed by atoms with E-state index in [9.17, 15) is 13.2 Å². The molecule has 3 aromatic carbocycles. The molecule has 7 heteroatoms. The summed E-state index contributed by atoms with van der Waals surface area (Å²) in [6.45, 7) is 2.83. The van der Waals surface area contributed by atoms with Crippen molar-refractivity contribution in [3.05, 3.63) is 94.5 Å². The molecule has 0 aliphatic carbocycles. The molecule has 1 unspecified atom stereocenters. The molecule has 32 heavy (non-hydrogen) atoms. The fraction of sp³-hybridized carbons (Fsp3) is 0.240. The van der Waals surface area contributed by atoms with Gasteiger partial charge in [-0.2, -0.15) is 0 Å². The third-order valence-corrected chi connectivity index (χ3v) is 7.91. The number of amides is 1. The minimum absolute atomic E-state index is 0.0554. The van der Waals surface area contributed by atoms with Gasteiger partial charge in [-0.1, -0.05) is 67.1 Å². The smallest absolute Gasteiger partial charge is 0.264 e. The summed E-state index contributed by atoms with van der Waals surface area (Å²) in [7, 11) is -3.83. The third-order valence-electron chi connectivity index (χ3n) is 5.78. The number of carbonyl (C=O) groups is 1. The number of carbonyl (C=O) groups excluding carboxylic acids is 1. The van der Waals surface area contributed by atoms with Crippen molar-refractivity contribution < 1.29 is 13.2 Å². The Bertz CT molecular complexity index is 1230. The number of para-hydroxylation sites is 1. The molecule has 1 atom stereocenters. The predicted octanol–water partition coefficient (Wildman–Crippen LogP) is 5.02. The Morgan fingerprint density at radius 2 is 1.78 bits per heavy atom. The molecule has 1 aliphatic heterocycles. The Labute approximate surface area is 194 Å². The fourth-order valence-electron chi connectivity index (χ4n) is 3.96. The zero-order valence-corrected chi connectivity index (χ0v) is 19.4. The van der Waals surface area contributed by atoms with E-state index in [0.717, 1.165) is 24.0 Å². The molecular formula is C25H25ClN2O3S. The number of hydrogen-bond acceptors (Lipinski definition) is 3.